The van der Waals surface area contributed by atoms with E-state index in [2.05, 4.69) is 14.6 Å². The number of aromatic nitrogens is 1. The number of esters is 1. The van der Waals surface area contributed by atoms with E-state index in [4.69, 9.17) is 21.1 Å². The Kier molecular flexibility index (Phi) is 11.6. The molecule has 5 rings (SSSR count). The van der Waals surface area contributed by atoms with Gasteiger partial charge in [-0.2, -0.15) is 0 Å². The monoisotopic (exact) mass is 692 g/mol. The molecule has 6 N–H and O–H groups in total. The van der Waals surface area contributed by atoms with Crippen LogP contribution in [0.1, 0.15) is 42.7 Å². The molecule has 1 saturated heterocycles. The van der Waals surface area contributed by atoms with Crippen LogP contribution in [0.4, 0.5) is 4.39 Å². The van der Waals surface area contributed by atoms with E-state index < -0.39 is 21.8 Å². The number of halogens is 1. The molecular formula is C36H45FN6O5S. The highest BCUT2D eigenvalue weighted by Crippen LogP contribution is 2.31. The first-order valence-corrected chi connectivity index (χ1v) is 17.9. The van der Waals surface area contributed by atoms with E-state index in [1.54, 1.807) is 43.6 Å². The third-order valence-corrected chi connectivity index (χ3v) is 10.1. The Balaban J connectivity index is 1.12. The highest BCUT2D eigenvalue weighted by molar-refractivity contribution is 7.89. The minimum Gasteiger partial charge on any atom is -0.496 e. The second kappa shape index (κ2) is 15.9. The predicted octanol–water partition coefficient (Wildman–Crippen LogP) is 4.92. The molecule has 0 amide bonds. The maximum Gasteiger partial charge on any atom is 0.355 e. The number of likely N-dealkylation sites (tertiary alicyclic amines) is 1. The standard InChI is InChI=1S/C36H45FN6O5S/c1-24(2)23-48-36(44)35-34(30-20-27(37)10-13-32(30)41-35)31(38)22-43(39)21-25-14-17-42(18-15-25)19-16-40-49(45,46)28-11-8-26(9-12-28)29-6-4-5-7-33(29)47-3/h4-13,20,22,24-25,40-41H,14-19,21,23,38-39H2,1-3H3/b31-22-. The molecule has 1 aliphatic rings. The van der Waals surface area contributed by atoms with Gasteiger partial charge in [0.15, 0.2) is 0 Å². The number of fused-ring (bicyclic) bond motifs is 1. The van der Waals surface area contributed by atoms with Gasteiger partial charge in [0.2, 0.25) is 10.0 Å². The number of piperidine rings is 1. The van der Waals surface area contributed by atoms with Crippen LogP contribution in [0, 0.1) is 17.7 Å². The normalized spacial score (nSPS) is 14.8. The molecule has 11 nitrogen and oxygen atoms in total. The van der Waals surface area contributed by atoms with Crippen molar-refractivity contribution in [2.75, 3.05) is 46.4 Å². The van der Waals surface area contributed by atoms with Gasteiger partial charge in [0.05, 0.1) is 24.3 Å². The molecule has 262 valence electrons. The number of nitrogens with two attached hydrogens (primary N) is 2. The molecular weight excluding hydrogens is 647 g/mol. The van der Waals surface area contributed by atoms with Crippen LogP contribution in [0.2, 0.25) is 0 Å². The smallest absolute Gasteiger partial charge is 0.355 e. The quantitative estimate of drug-likeness (QED) is 0.0819. The van der Waals surface area contributed by atoms with E-state index in [0.29, 0.717) is 29.6 Å². The average Bonchev–Trinajstić information content (AvgIpc) is 3.47. The second-order valence-electron chi connectivity index (χ2n) is 12.7. The van der Waals surface area contributed by atoms with Gasteiger partial charge in [0.1, 0.15) is 17.3 Å². The van der Waals surface area contributed by atoms with Crippen molar-refractivity contribution < 1.29 is 27.1 Å². The number of sulfonamides is 1. The highest BCUT2D eigenvalue weighted by Gasteiger charge is 2.24. The van der Waals surface area contributed by atoms with E-state index in [1.807, 2.05) is 38.1 Å². The van der Waals surface area contributed by atoms with Crippen LogP contribution < -0.4 is 21.0 Å². The first-order chi connectivity index (χ1) is 23.4. The number of carbonyl (C=O) groups excluding carboxylic acids is 1. The Labute approximate surface area is 287 Å². The third-order valence-electron chi connectivity index (χ3n) is 8.58. The summed E-state index contributed by atoms with van der Waals surface area (Å²) in [4.78, 5) is 18.4. The third kappa shape index (κ3) is 8.98. The Morgan fingerprint density at radius 3 is 2.53 bits per heavy atom. The molecule has 13 heteroatoms. The zero-order valence-electron chi connectivity index (χ0n) is 28.1. The van der Waals surface area contributed by atoms with Crippen LogP contribution in [-0.2, 0) is 14.8 Å². The van der Waals surface area contributed by atoms with Gasteiger partial charge in [-0.25, -0.2) is 28.2 Å². The van der Waals surface area contributed by atoms with Gasteiger partial charge in [-0.05, 0) is 79.7 Å². The zero-order valence-corrected chi connectivity index (χ0v) is 28.9. The van der Waals surface area contributed by atoms with Crippen LogP contribution in [0.5, 0.6) is 5.75 Å². The summed E-state index contributed by atoms with van der Waals surface area (Å²) in [6.45, 7) is 7.09. The number of nitrogens with one attached hydrogen (secondary N) is 2. The van der Waals surface area contributed by atoms with E-state index in [1.165, 1.54) is 17.1 Å². The number of carbonyl (C=O) groups is 1. The van der Waals surface area contributed by atoms with Crippen molar-refractivity contribution in [3.8, 4) is 16.9 Å². The molecule has 49 heavy (non-hydrogen) atoms. The first-order valence-electron chi connectivity index (χ1n) is 16.4. The molecule has 0 bridgehead atoms. The fourth-order valence-electron chi connectivity index (χ4n) is 6.04. The maximum absolute atomic E-state index is 14.2. The lowest BCUT2D eigenvalue weighted by Gasteiger charge is -2.33. The lowest BCUT2D eigenvalue weighted by Crippen LogP contribution is -2.42. The van der Waals surface area contributed by atoms with Gasteiger partial charge in [-0.15, -0.1) is 0 Å². The molecule has 0 atom stereocenters. The van der Waals surface area contributed by atoms with Crippen molar-refractivity contribution in [3.63, 3.8) is 0 Å². The molecule has 0 spiro atoms. The SMILES string of the molecule is COc1ccccc1-c1ccc(S(=O)(=O)NCCN2CCC(CN(N)/C=C(\N)c3c(C(=O)OCC(C)C)[nH]c4ccc(F)cc34)CC2)cc1. The lowest BCUT2D eigenvalue weighted by atomic mass is 9.96. The summed E-state index contributed by atoms with van der Waals surface area (Å²) in [6.07, 6.45) is 3.30. The number of benzene rings is 3. The van der Waals surface area contributed by atoms with Crippen LogP contribution in [0.3, 0.4) is 0 Å². The number of rotatable bonds is 14. The number of hydrazine groups is 1. The van der Waals surface area contributed by atoms with Crippen molar-refractivity contribution >= 4 is 32.6 Å². The molecule has 0 unspecified atom stereocenters. The average molecular weight is 693 g/mol. The Morgan fingerprint density at radius 1 is 1.12 bits per heavy atom. The Bertz CT molecular complexity index is 1890. The van der Waals surface area contributed by atoms with Gasteiger partial charge in [-0.1, -0.05) is 44.2 Å². The molecule has 0 aliphatic carbocycles. The second-order valence-corrected chi connectivity index (χ2v) is 14.5. The topological polar surface area (TPSA) is 156 Å². The summed E-state index contributed by atoms with van der Waals surface area (Å²) in [5, 5.41) is 1.97. The summed E-state index contributed by atoms with van der Waals surface area (Å²) in [5.74, 6) is 6.48. The number of para-hydroxylation sites is 1. The summed E-state index contributed by atoms with van der Waals surface area (Å²) in [6, 6.07) is 18.6. The Hall–Kier alpha value is -4.43. The van der Waals surface area contributed by atoms with Crippen LogP contribution >= 0.6 is 0 Å². The van der Waals surface area contributed by atoms with Gasteiger partial charge >= 0.3 is 5.97 Å². The number of hydrogen-bond acceptors (Lipinski definition) is 9. The first kappa shape index (κ1) is 35.9. The minimum atomic E-state index is -3.67. The van der Waals surface area contributed by atoms with E-state index in [-0.39, 0.29) is 41.3 Å². The number of methoxy groups -OCH3 is 1. The van der Waals surface area contributed by atoms with Crippen molar-refractivity contribution in [1.29, 1.82) is 0 Å². The lowest BCUT2D eigenvalue weighted by molar-refractivity contribution is 0.0452. The number of ether oxygens (including phenoxy) is 2. The maximum atomic E-state index is 14.2. The molecule has 0 radical (unpaired) electrons. The van der Waals surface area contributed by atoms with Gasteiger partial charge < -0.3 is 30.1 Å². The van der Waals surface area contributed by atoms with Crippen molar-refractivity contribution in [3.05, 3.63) is 90.0 Å². The van der Waals surface area contributed by atoms with E-state index in [0.717, 1.165) is 42.8 Å². The van der Waals surface area contributed by atoms with Crippen molar-refractivity contribution in [2.24, 2.45) is 23.4 Å². The van der Waals surface area contributed by atoms with Crippen LogP contribution in [0.25, 0.3) is 27.7 Å². The predicted molar refractivity (Wildman–Crippen MR) is 189 cm³/mol. The molecule has 0 saturated carbocycles. The minimum absolute atomic E-state index is 0.145. The summed E-state index contributed by atoms with van der Waals surface area (Å²) in [5.41, 5.74) is 9.51. The fourth-order valence-corrected chi connectivity index (χ4v) is 7.06. The highest BCUT2D eigenvalue weighted by atomic mass is 32.2. The fraction of sp³-hybridized carbons (Fsp3) is 0.361. The summed E-state index contributed by atoms with van der Waals surface area (Å²) >= 11 is 0. The number of nitrogens with zero attached hydrogens (tertiary/aromatic N) is 2. The van der Waals surface area contributed by atoms with E-state index >= 15 is 0 Å². The number of hydrogen-bond donors (Lipinski definition) is 4. The molecule has 1 aromatic heterocycles. The van der Waals surface area contributed by atoms with Crippen LogP contribution in [-0.4, -0.2) is 75.7 Å². The van der Waals surface area contributed by atoms with Crippen LogP contribution in [0.15, 0.2) is 77.8 Å². The van der Waals surface area contributed by atoms with Crippen molar-refractivity contribution in [2.45, 2.75) is 31.6 Å². The van der Waals surface area contributed by atoms with Crippen molar-refractivity contribution in [1.82, 2.24) is 19.6 Å². The molecule has 1 fully saturated rings. The molecule has 4 aromatic rings. The summed E-state index contributed by atoms with van der Waals surface area (Å²) < 4.78 is 53.7. The largest absolute Gasteiger partial charge is 0.496 e. The summed E-state index contributed by atoms with van der Waals surface area (Å²) in [7, 11) is -2.06. The molecule has 1 aliphatic heterocycles. The van der Waals surface area contributed by atoms with Gasteiger partial charge in [0, 0.05) is 47.9 Å². The zero-order chi connectivity index (χ0) is 35.1. The molecule has 3 aromatic carbocycles. The number of aromatic amines is 1. The van der Waals surface area contributed by atoms with Gasteiger partial charge in [0.25, 0.3) is 0 Å². The number of H-pyrrole nitrogens is 1. The van der Waals surface area contributed by atoms with E-state index in [9.17, 15) is 17.6 Å². The molecule has 2 heterocycles. The Morgan fingerprint density at radius 2 is 1.84 bits per heavy atom. The van der Waals surface area contributed by atoms with Gasteiger partial charge in [-0.3, -0.25) is 0 Å².